The summed E-state index contributed by atoms with van der Waals surface area (Å²) in [6, 6.07) is 15.3. The maximum absolute atomic E-state index is 13.0. The summed E-state index contributed by atoms with van der Waals surface area (Å²) in [5.41, 5.74) is 0.833. The molecule has 0 aliphatic heterocycles. The average molecular weight is 411 g/mol. The van der Waals surface area contributed by atoms with Crippen molar-refractivity contribution in [2.24, 2.45) is 0 Å². The Morgan fingerprint density at radius 1 is 0.931 bits per heavy atom. The van der Waals surface area contributed by atoms with E-state index >= 15 is 0 Å². The summed E-state index contributed by atoms with van der Waals surface area (Å²) in [4.78, 5) is 37.0. The third-order valence-electron chi connectivity index (χ3n) is 4.04. The van der Waals surface area contributed by atoms with E-state index in [0.717, 1.165) is 4.88 Å². The lowest BCUT2D eigenvalue weighted by molar-refractivity contribution is -0.119. The van der Waals surface area contributed by atoms with Gasteiger partial charge in [-0.15, -0.1) is 11.3 Å². The van der Waals surface area contributed by atoms with Crippen LogP contribution in [0.3, 0.4) is 0 Å². The zero-order chi connectivity index (χ0) is 20.8. The zero-order valence-corrected chi connectivity index (χ0v) is 16.4. The molecular formula is C22H18FNO4S. The number of ketones is 2. The number of hydrogen-bond acceptors (Lipinski definition) is 5. The highest BCUT2D eigenvalue weighted by atomic mass is 32.1. The molecule has 2 aromatic carbocycles. The third kappa shape index (κ3) is 5.58. The van der Waals surface area contributed by atoms with Gasteiger partial charge in [0.15, 0.2) is 12.4 Å². The Morgan fingerprint density at radius 3 is 2.17 bits per heavy atom. The van der Waals surface area contributed by atoms with Gasteiger partial charge < -0.3 is 10.1 Å². The standard InChI is InChI=1S/C22H18FNO4S/c1-14(25)24-12-19-10-11-21(29-19)20(26)13-28-18-8-4-16(5-9-18)22(27)15-2-6-17(23)7-3-15/h2-11H,12-13H2,1H3,(H,24,25). The van der Waals surface area contributed by atoms with E-state index in [1.807, 2.05) is 0 Å². The average Bonchev–Trinajstić information content (AvgIpc) is 3.20. The number of rotatable bonds is 8. The van der Waals surface area contributed by atoms with Gasteiger partial charge in [0.2, 0.25) is 11.7 Å². The second kappa shape index (κ2) is 9.25. The molecule has 3 aromatic rings. The predicted molar refractivity (Wildman–Crippen MR) is 108 cm³/mol. The molecule has 1 aromatic heterocycles. The molecule has 0 atom stereocenters. The van der Waals surface area contributed by atoms with Crippen LogP contribution in [0.15, 0.2) is 60.7 Å². The van der Waals surface area contributed by atoms with Gasteiger partial charge in [-0.3, -0.25) is 14.4 Å². The van der Waals surface area contributed by atoms with E-state index in [1.54, 1.807) is 36.4 Å². The number of carbonyl (C=O) groups excluding carboxylic acids is 3. The fourth-order valence-corrected chi connectivity index (χ4v) is 3.40. The minimum Gasteiger partial charge on any atom is -0.485 e. The molecule has 7 heteroatoms. The highest BCUT2D eigenvalue weighted by molar-refractivity contribution is 7.14. The van der Waals surface area contributed by atoms with E-state index in [4.69, 9.17) is 4.74 Å². The SMILES string of the molecule is CC(=O)NCc1ccc(C(=O)COc2ccc(C(=O)c3ccc(F)cc3)cc2)s1. The first kappa shape index (κ1) is 20.4. The van der Waals surface area contributed by atoms with Gasteiger partial charge >= 0.3 is 0 Å². The van der Waals surface area contributed by atoms with Crippen molar-refractivity contribution in [2.45, 2.75) is 13.5 Å². The Labute approximate surface area is 171 Å². The third-order valence-corrected chi connectivity index (χ3v) is 5.17. The van der Waals surface area contributed by atoms with Gasteiger partial charge in [-0.05, 0) is 60.7 Å². The van der Waals surface area contributed by atoms with Crippen molar-refractivity contribution in [3.05, 3.63) is 87.4 Å². The number of nitrogens with one attached hydrogen (secondary N) is 1. The highest BCUT2D eigenvalue weighted by Crippen LogP contribution is 2.19. The minimum absolute atomic E-state index is 0.129. The van der Waals surface area contributed by atoms with Crippen molar-refractivity contribution in [1.29, 1.82) is 0 Å². The van der Waals surface area contributed by atoms with E-state index in [-0.39, 0.29) is 24.1 Å². The van der Waals surface area contributed by atoms with Crippen LogP contribution in [0.4, 0.5) is 4.39 Å². The van der Waals surface area contributed by atoms with Crippen molar-refractivity contribution in [3.8, 4) is 5.75 Å². The summed E-state index contributed by atoms with van der Waals surface area (Å²) in [6.45, 7) is 1.69. The van der Waals surface area contributed by atoms with Gasteiger partial charge in [0.05, 0.1) is 11.4 Å². The first-order chi connectivity index (χ1) is 13.9. The normalized spacial score (nSPS) is 10.4. The van der Waals surface area contributed by atoms with Crippen LogP contribution in [0.2, 0.25) is 0 Å². The lowest BCUT2D eigenvalue weighted by Crippen LogP contribution is -2.18. The van der Waals surface area contributed by atoms with Crippen molar-refractivity contribution < 1.29 is 23.5 Å². The molecular weight excluding hydrogens is 393 g/mol. The van der Waals surface area contributed by atoms with Crippen LogP contribution in [0, 0.1) is 5.82 Å². The van der Waals surface area contributed by atoms with Crippen LogP contribution in [-0.4, -0.2) is 24.1 Å². The van der Waals surface area contributed by atoms with Gasteiger partial charge in [-0.1, -0.05) is 0 Å². The Kier molecular flexibility index (Phi) is 6.51. The van der Waals surface area contributed by atoms with Crippen LogP contribution >= 0.6 is 11.3 Å². The topological polar surface area (TPSA) is 72.5 Å². The molecule has 1 amide bonds. The van der Waals surface area contributed by atoms with Crippen LogP contribution in [-0.2, 0) is 11.3 Å². The second-order valence-electron chi connectivity index (χ2n) is 6.25. The van der Waals surface area contributed by atoms with E-state index in [2.05, 4.69) is 5.32 Å². The molecule has 1 N–H and O–H groups in total. The lowest BCUT2D eigenvalue weighted by atomic mass is 10.0. The summed E-state index contributed by atoms with van der Waals surface area (Å²) in [5, 5.41) is 2.68. The Morgan fingerprint density at radius 2 is 1.55 bits per heavy atom. The maximum Gasteiger partial charge on any atom is 0.217 e. The Balaban J connectivity index is 1.56. The van der Waals surface area contributed by atoms with Crippen LogP contribution < -0.4 is 10.1 Å². The number of thiophene rings is 1. The predicted octanol–water partition coefficient (Wildman–Crippen LogP) is 4.02. The van der Waals surface area contributed by atoms with E-state index in [9.17, 15) is 18.8 Å². The number of benzene rings is 2. The van der Waals surface area contributed by atoms with Crippen LogP contribution in [0.25, 0.3) is 0 Å². The summed E-state index contributed by atoms with van der Waals surface area (Å²) in [5.74, 6) is -0.462. The molecule has 0 aliphatic rings. The molecule has 29 heavy (non-hydrogen) atoms. The molecule has 0 bridgehead atoms. The van der Waals surface area contributed by atoms with Gasteiger partial charge in [0, 0.05) is 22.9 Å². The number of amides is 1. The van der Waals surface area contributed by atoms with E-state index in [0.29, 0.717) is 28.3 Å². The quantitative estimate of drug-likeness (QED) is 0.569. The number of carbonyl (C=O) groups is 3. The minimum atomic E-state index is -0.400. The zero-order valence-electron chi connectivity index (χ0n) is 15.6. The Bertz CT molecular complexity index is 1030. The molecule has 0 saturated carbocycles. The fraction of sp³-hybridized carbons (Fsp3) is 0.136. The number of hydrogen-bond donors (Lipinski definition) is 1. The Hall–Kier alpha value is -3.32. The van der Waals surface area contributed by atoms with Gasteiger partial charge in [0.1, 0.15) is 11.6 Å². The fourth-order valence-electron chi connectivity index (χ4n) is 2.52. The van der Waals surface area contributed by atoms with Gasteiger partial charge in [-0.2, -0.15) is 0 Å². The number of ether oxygens (including phenoxy) is 1. The summed E-state index contributed by atoms with van der Waals surface area (Å²) in [6.07, 6.45) is 0. The van der Waals surface area contributed by atoms with E-state index in [1.165, 1.54) is 42.5 Å². The number of halogens is 1. The molecule has 0 fully saturated rings. The highest BCUT2D eigenvalue weighted by Gasteiger charge is 2.12. The largest absolute Gasteiger partial charge is 0.485 e. The molecule has 3 rings (SSSR count). The van der Waals surface area contributed by atoms with Crippen LogP contribution in [0.1, 0.15) is 37.4 Å². The van der Waals surface area contributed by atoms with Crippen molar-refractivity contribution >= 4 is 28.8 Å². The molecule has 148 valence electrons. The summed E-state index contributed by atoms with van der Waals surface area (Å²) >= 11 is 1.31. The number of Topliss-reactive ketones (excluding diaryl/α,β-unsaturated/α-hetero) is 1. The van der Waals surface area contributed by atoms with Gasteiger partial charge in [0.25, 0.3) is 0 Å². The molecule has 0 unspecified atom stereocenters. The van der Waals surface area contributed by atoms with Crippen LogP contribution in [0.5, 0.6) is 5.75 Å². The molecule has 0 saturated heterocycles. The molecule has 0 aliphatic carbocycles. The first-order valence-corrected chi connectivity index (χ1v) is 9.63. The molecule has 1 heterocycles. The molecule has 5 nitrogen and oxygen atoms in total. The van der Waals surface area contributed by atoms with Crippen molar-refractivity contribution in [3.63, 3.8) is 0 Å². The van der Waals surface area contributed by atoms with Crippen molar-refractivity contribution in [2.75, 3.05) is 6.61 Å². The van der Waals surface area contributed by atoms with Crippen molar-refractivity contribution in [1.82, 2.24) is 5.32 Å². The molecule has 0 radical (unpaired) electrons. The second-order valence-corrected chi connectivity index (χ2v) is 7.42. The maximum atomic E-state index is 13.0. The monoisotopic (exact) mass is 411 g/mol. The smallest absolute Gasteiger partial charge is 0.217 e. The summed E-state index contributed by atoms with van der Waals surface area (Å²) < 4.78 is 18.5. The molecule has 0 spiro atoms. The lowest BCUT2D eigenvalue weighted by Gasteiger charge is -2.06. The van der Waals surface area contributed by atoms with Gasteiger partial charge in [-0.25, -0.2) is 4.39 Å². The first-order valence-electron chi connectivity index (χ1n) is 8.82. The summed E-state index contributed by atoms with van der Waals surface area (Å²) in [7, 11) is 0. The van der Waals surface area contributed by atoms with E-state index < -0.39 is 5.82 Å².